The molecular weight excluding hydrogens is 496 g/mol. The predicted octanol–water partition coefficient (Wildman–Crippen LogP) is 5.07. The minimum Gasteiger partial charge on any atom is -0.444 e. The van der Waals surface area contributed by atoms with E-state index >= 15 is 0 Å². The lowest BCUT2D eigenvalue weighted by Gasteiger charge is -2.44. The molecule has 2 atom stereocenters. The van der Waals surface area contributed by atoms with Gasteiger partial charge in [-0.1, -0.05) is 11.6 Å². The molecule has 3 aromatic rings. The Morgan fingerprint density at radius 2 is 1.94 bits per heavy atom. The van der Waals surface area contributed by atoms with Crippen molar-refractivity contribution in [3.63, 3.8) is 0 Å². The van der Waals surface area contributed by atoms with Crippen molar-refractivity contribution in [3.05, 3.63) is 40.3 Å². The molecule has 1 aliphatic rings. The van der Waals surface area contributed by atoms with E-state index in [-0.39, 0.29) is 18.2 Å². The maximum atomic E-state index is 12.7. The highest BCUT2D eigenvalue weighted by molar-refractivity contribution is 9.10. The van der Waals surface area contributed by atoms with E-state index in [0.29, 0.717) is 23.9 Å². The lowest BCUT2D eigenvalue weighted by molar-refractivity contribution is 0.0130. The van der Waals surface area contributed by atoms with Crippen molar-refractivity contribution in [1.29, 1.82) is 0 Å². The van der Waals surface area contributed by atoms with Gasteiger partial charge in [0, 0.05) is 53.1 Å². The Bertz CT molecular complexity index is 1160. The summed E-state index contributed by atoms with van der Waals surface area (Å²) in [6, 6.07) is 3.52. The molecule has 0 bridgehead atoms. The van der Waals surface area contributed by atoms with Crippen LogP contribution in [-0.4, -0.2) is 61.3 Å². The molecule has 0 aromatic carbocycles. The molecule has 1 fully saturated rings. The zero-order chi connectivity index (χ0) is 23.2. The van der Waals surface area contributed by atoms with Gasteiger partial charge in [-0.25, -0.2) is 19.7 Å². The van der Waals surface area contributed by atoms with Crippen molar-refractivity contribution < 1.29 is 9.53 Å². The molecule has 0 radical (unpaired) electrons. The van der Waals surface area contributed by atoms with E-state index in [1.807, 2.05) is 38.5 Å². The maximum absolute atomic E-state index is 12.7. The molecule has 1 amide bonds. The standard InChI is InChI=1S/C22H26BrClN6O2/c1-13-10-29(21(31)32-22(3,4)5)14(2)9-28(13)19-18-16(23)11-30(20(18)27-12-26-19)17-8-15(24)6-7-25-17/h6-8,11-14H,9-10H2,1-5H3/t13-,14+/m0/s1. The van der Waals surface area contributed by atoms with Crippen LogP contribution in [0.4, 0.5) is 10.6 Å². The summed E-state index contributed by atoms with van der Waals surface area (Å²) in [5.74, 6) is 1.49. The summed E-state index contributed by atoms with van der Waals surface area (Å²) in [5, 5.41) is 1.49. The number of fused-ring (bicyclic) bond motifs is 1. The number of nitrogens with zero attached hydrogens (tertiary/aromatic N) is 6. The lowest BCUT2D eigenvalue weighted by atomic mass is 10.1. The molecule has 0 spiro atoms. The quantitative estimate of drug-likeness (QED) is 0.469. The Hall–Kier alpha value is -2.39. The fourth-order valence-electron chi connectivity index (χ4n) is 3.92. The number of carbonyl (C=O) groups is 1. The average molecular weight is 522 g/mol. The first-order chi connectivity index (χ1) is 15.0. The van der Waals surface area contributed by atoms with Gasteiger partial charge in [-0.3, -0.25) is 4.57 Å². The van der Waals surface area contributed by atoms with Gasteiger partial charge in [-0.15, -0.1) is 0 Å². The van der Waals surface area contributed by atoms with Gasteiger partial charge in [0.25, 0.3) is 0 Å². The van der Waals surface area contributed by atoms with Gasteiger partial charge < -0.3 is 14.5 Å². The highest BCUT2D eigenvalue weighted by Gasteiger charge is 2.36. The third kappa shape index (κ3) is 4.41. The molecule has 0 aliphatic carbocycles. The summed E-state index contributed by atoms with van der Waals surface area (Å²) in [5.41, 5.74) is 0.198. The minimum absolute atomic E-state index is 0.0383. The fraction of sp³-hybridized carbons (Fsp3) is 0.455. The number of anilines is 1. The Labute approximate surface area is 200 Å². The Balaban J connectivity index is 1.68. The van der Waals surface area contributed by atoms with Crippen LogP contribution in [0.5, 0.6) is 0 Å². The topological polar surface area (TPSA) is 76.4 Å². The SMILES string of the molecule is C[C@@H]1CN(c2ncnc3c2c(Br)cn3-c2cc(Cl)ccn2)[C@@H](C)CN1C(=O)OC(C)(C)C. The molecule has 0 N–H and O–H groups in total. The Kier molecular flexibility index (Phi) is 6.06. The van der Waals surface area contributed by atoms with E-state index in [0.717, 1.165) is 21.3 Å². The third-order valence-electron chi connectivity index (χ3n) is 5.36. The zero-order valence-corrected chi connectivity index (χ0v) is 21.1. The Morgan fingerprint density at radius 1 is 1.19 bits per heavy atom. The van der Waals surface area contributed by atoms with Crippen LogP contribution >= 0.6 is 27.5 Å². The first-order valence-corrected chi connectivity index (χ1v) is 11.6. The molecule has 10 heteroatoms. The second-order valence-corrected chi connectivity index (χ2v) is 10.3. The van der Waals surface area contributed by atoms with Crippen LogP contribution in [-0.2, 0) is 4.74 Å². The summed E-state index contributed by atoms with van der Waals surface area (Å²) >= 11 is 9.85. The maximum Gasteiger partial charge on any atom is 0.410 e. The molecule has 0 saturated carbocycles. The highest BCUT2D eigenvalue weighted by Crippen LogP contribution is 2.35. The summed E-state index contributed by atoms with van der Waals surface area (Å²) in [4.78, 5) is 30.3. The number of hydrogen-bond donors (Lipinski definition) is 0. The number of pyridine rings is 1. The second-order valence-electron chi connectivity index (χ2n) is 9.06. The first kappa shape index (κ1) is 22.8. The predicted molar refractivity (Wildman–Crippen MR) is 129 cm³/mol. The molecule has 0 unspecified atom stereocenters. The normalized spacial score (nSPS) is 19.5. The van der Waals surface area contributed by atoms with E-state index < -0.39 is 5.60 Å². The molecule has 1 saturated heterocycles. The molecule has 170 valence electrons. The average Bonchev–Trinajstić information content (AvgIpc) is 3.05. The number of rotatable bonds is 2. The Morgan fingerprint density at radius 3 is 2.62 bits per heavy atom. The molecular formula is C22H26BrClN6O2. The van der Waals surface area contributed by atoms with Crippen molar-refractivity contribution in [3.8, 4) is 5.82 Å². The summed E-state index contributed by atoms with van der Waals surface area (Å²) < 4.78 is 8.35. The number of halogens is 2. The van der Waals surface area contributed by atoms with Crippen molar-refractivity contribution >= 4 is 50.5 Å². The van der Waals surface area contributed by atoms with Gasteiger partial charge in [-0.05, 0) is 56.6 Å². The van der Waals surface area contributed by atoms with Gasteiger partial charge in [-0.2, -0.15) is 0 Å². The van der Waals surface area contributed by atoms with Gasteiger partial charge >= 0.3 is 6.09 Å². The van der Waals surface area contributed by atoms with E-state index in [1.54, 1.807) is 29.6 Å². The van der Waals surface area contributed by atoms with E-state index in [1.165, 1.54) is 0 Å². The number of aromatic nitrogens is 4. The van der Waals surface area contributed by atoms with E-state index in [2.05, 4.69) is 42.7 Å². The van der Waals surface area contributed by atoms with Crippen molar-refractivity contribution in [2.45, 2.75) is 52.3 Å². The molecule has 1 aliphatic heterocycles. The van der Waals surface area contributed by atoms with E-state index in [9.17, 15) is 4.79 Å². The number of carbonyl (C=O) groups excluding carboxylic acids is 1. The van der Waals surface area contributed by atoms with Crippen LogP contribution in [0.1, 0.15) is 34.6 Å². The number of hydrogen-bond acceptors (Lipinski definition) is 6. The van der Waals surface area contributed by atoms with Crippen molar-refractivity contribution in [1.82, 2.24) is 24.4 Å². The van der Waals surface area contributed by atoms with Crippen LogP contribution < -0.4 is 4.90 Å². The van der Waals surface area contributed by atoms with Gasteiger partial charge in [0.05, 0.1) is 5.39 Å². The second kappa shape index (κ2) is 8.51. The zero-order valence-electron chi connectivity index (χ0n) is 18.7. The largest absolute Gasteiger partial charge is 0.444 e. The molecule has 8 nitrogen and oxygen atoms in total. The minimum atomic E-state index is -0.530. The number of amides is 1. The van der Waals surface area contributed by atoms with E-state index in [4.69, 9.17) is 16.3 Å². The molecule has 4 heterocycles. The molecule has 32 heavy (non-hydrogen) atoms. The number of ether oxygens (including phenoxy) is 1. The summed E-state index contributed by atoms with van der Waals surface area (Å²) in [6.45, 7) is 10.9. The van der Waals surface area contributed by atoms with Crippen molar-refractivity contribution in [2.24, 2.45) is 0 Å². The molecule has 3 aromatic heterocycles. The van der Waals surface area contributed by atoms with Gasteiger partial charge in [0.15, 0.2) is 5.65 Å². The van der Waals surface area contributed by atoms with Gasteiger partial charge in [0.2, 0.25) is 0 Å². The van der Waals surface area contributed by atoms with Crippen molar-refractivity contribution in [2.75, 3.05) is 18.0 Å². The fourth-order valence-corrected chi connectivity index (χ4v) is 4.63. The highest BCUT2D eigenvalue weighted by atomic mass is 79.9. The van der Waals surface area contributed by atoms with Crippen LogP contribution in [0.2, 0.25) is 5.02 Å². The monoisotopic (exact) mass is 520 g/mol. The van der Waals surface area contributed by atoms with Crippen LogP contribution in [0, 0.1) is 0 Å². The summed E-state index contributed by atoms with van der Waals surface area (Å²) in [7, 11) is 0. The number of piperazine rings is 1. The molecule has 4 rings (SSSR count). The third-order valence-corrected chi connectivity index (χ3v) is 6.19. The van der Waals surface area contributed by atoms with Crippen LogP contribution in [0.3, 0.4) is 0 Å². The lowest BCUT2D eigenvalue weighted by Crippen LogP contribution is -2.59. The summed E-state index contributed by atoms with van der Waals surface area (Å²) in [6.07, 6.45) is 4.86. The first-order valence-electron chi connectivity index (χ1n) is 10.4. The van der Waals surface area contributed by atoms with Gasteiger partial charge in [0.1, 0.15) is 23.6 Å². The smallest absolute Gasteiger partial charge is 0.410 e. The van der Waals surface area contributed by atoms with Crippen LogP contribution in [0.15, 0.2) is 35.3 Å². The van der Waals surface area contributed by atoms with Crippen LogP contribution in [0.25, 0.3) is 16.9 Å².